The molecule has 1 N–H and O–H groups in total. The standard InChI is InChI=1S/C12H15F3N2O/c1-9(2)8-18-6-5-16-11-4-3-10(7-17-11)12(13,14)15/h3-4,7H,1,5-6,8H2,2H3,(H,16,17). The molecule has 0 aliphatic heterocycles. The topological polar surface area (TPSA) is 34.1 Å². The van der Waals surface area contributed by atoms with Crippen LogP contribution >= 0.6 is 0 Å². The van der Waals surface area contributed by atoms with Crippen LogP contribution in [0.1, 0.15) is 12.5 Å². The van der Waals surface area contributed by atoms with Gasteiger partial charge in [0.2, 0.25) is 0 Å². The van der Waals surface area contributed by atoms with Crippen LogP contribution in [0, 0.1) is 0 Å². The lowest BCUT2D eigenvalue weighted by Gasteiger charge is -2.09. The fourth-order valence-electron chi connectivity index (χ4n) is 1.16. The van der Waals surface area contributed by atoms with E-state index in [1.165, 1.54) is 6.07 Å². The summed E-state index contributed by atoms with van der Waals surface area (Å²) in [5.41, 5.74) is 0.161. The van der Waals surface area contributed by atoms with Gasteiger partial charge in [-0.05, 0) is 19.1 Å². The highest BCUT2D eigenvalue weighted by atomic mass is 19.4. The van der Waals surface area contributed by atoms with Crippen molar-refractivity contribution in [3.63, 3.8) is 0 Å². The predicted molar refractivity (Wildman–Crippen MR) is 63.4 cm³/mol. The Morgan fingerprint density at radius 3 is 2.67 bits per heavy atom. The number of hydrogen-bond acceptors (Lipinski definition) is 3. The van der Waals surface area contributed by atoms with Gasteiger partial charge in [-0.1, -0.05) is 12.2 Å². The van der Waals surface area contributed by atoms with Crippen LogP contribution in [0.25, 0.3) is 0 Å². The van der Waals surface area contributed by atoms with Gasteiger partial charge in [-0.2, -0.15) is 13.2 Å². The highest BCUT2D eigenvalue weighted by Crippen LogP contribution is 2.28. The minimum atomic E-state index is -4.35. The molecular formula is C12H15F3N2O. The van der Waals surface area contributed by atoms with Crippen LogP contribution in [0.2, 0.25) is 0 Å². The Morgan fingerprint density at radius 2 is 2.17 bits per heavy atom. The van der Waals surface area contributed by atoms with Crippen molar-refractivity contribution >= 4 is 5.82 Å². The SMILES string of the molecule is C=C(C)COCCNc1ccc(C(F)(F)F)cn1. The summed E-state index contributed by atoms with van der Waals surface area (Å²) in [5, 5.41) is 2.86. The van der Waals surface area contributed by atoms with Crippen LogP contribution in [0.15, 0.2) is 30.5 Å². The number of anilines is 1. The molecule has 1 rings (SSSR count). The van der Waals surface area contributed by atoms with E-state index in [9.17, 15) is 13.2 Å². The van der Waals surface area contributed by atoms with Crippen LogP contribution in [0.5, 0.6) is 0 Å². The quantitative estimate of drug-likeness (QED) is 0.630. The van der Waals surface area contributed by atoms with Crippen molar-refractivity contribution in [2.75, 3.05) is 25.1 Å². The molecule has 0 aliphatic carbocycles. The maximum atomic E-state index is 12.3. The Morgan fingerprint density at radius 1 is 1.44 bits per heavy atom. The van der Waals surface area contributed by atoms with E-state index in [1.807, 2.05) is 6.92 Å². The summed E-state index contributed by atoms with van der Waals surface area (Å²) in [6.07, 6.45) is -3.55. The van der Waals surface area contributed by atoms with Crippen molar-refractivity contribution in [3.05, 3.63) is 36.0 Å². The van der Waals surface area contributed by atoms with E-state index in [-0.39, 0.29) is 0 Å². The Bertz CT molecular complexity index is 387. The molecule has 0 saturated heterocycles. The number of pyridine rings is 1. The number of aromatic nitrogens is 1. The average molecular weight is 260 g/mol. The molecule has 0 fully saturated rings. The van der Waals surface area contributed by atoms with Gasteiger partial charge in [-0.3, -0.25) is 0 Å². The Kier molecular flexibility index (Phi) is 5.15. The second kappa shape index (κ2) is 6.39. The van der Waals surface area contributed by atoms with Gasteiger partial charge >= 0.3 is 6.18 Å². The highest BCUT2D eigenvalue weighted by molar-refractivity contribution is 5.35. The van der Waals surface area contributed by atoms with E-state index in [4.69, 9.17) is 4.74 Å². The first kappa shape index (κ1) is 14.5. The van der Waals surface area contributed by atoms with Crippen LogP contribution in [0.4, 0.5) is 19.0 Å². The van der Waals surface area contributed by atoms with Crippen molar-refractivity contribution in [2.45, 2.75) is 13.1 Å². The third-order valence-electron chi connectivity index (χ3n) is 1.99. The van der Waals surface area contributed by atoms with Gasteiger partial charge in [-0.15, -0.1) is 0 Å². The van der Waals surface area contributed by atoms with Gasteiger partial charge in [0.1, 0.15) is 5.82 Å². The monoisotopic (exact) mass is 260 g/mol. The van der Waals surface area contributed by atoms with Crippen molar-refractivity contribution in [1.82, 2.24) is 4.98 Å². The predicted octanol–water partition coefficient (Wildman–Crippen LogP) is 3.11. The van der Waals surface area contributed by atoms with E-state index in [0.29, 0.717) is 25.6 Å². The molecule has 0 saturated carbocycles. The lowest BCUT2D eigenvalue weighted by atomic mass is 10.3. The normalized spacial score (nSPS) is 11.3. The lowest BCUT2D eigenvalue weighted by molar-refractivity contribution is -0.137. The lowest BCUT2D eigenvalue weighted by Crippen LogP contribution is -2.12. The van der Waals surface area contributed by atoms with Crippen molar-refractivity contribution in [3.8, 4) is 0 Å². The molecule has 0 aromatic carbocycles. The van der Waals surface area contributed by atoms with E-state index in [1.54, 1.807) is 0 Å². The van der Waals surface area contributed by atoms with Crippen LogP contribution in [-0.4, -0.2) is 24.7 Å². The molecule has 0 bridgehead atoms. The summed E-state index contributed by atoms with van der Waals surface area (Å²) in [5.74, 6) is 0.391. The molecule has 1 aromatic heterocycles. The summed E-state index contributed by atoms with van der Waals surface area (Å²) in [6, 6.07) is 2.28. The average Bonchev–Trinajstić information content (AvgIpc) is 2.27. The number of hydrogen-bond donors (Lipinski definition) is 1. The molecule has 6 heteroatoms. The Labute approximate surface area is 104 Å². The Hall–Kier alpha value is -1.56. The third-order valence-corrected chi connectivity index (χ3v) is 1.99. The first-order valence-corrected chi connectivity index (χ1v) is 5.39. The van der Waals surface area contributed by atoms with Gasteiger partial charge in [0.15, 0.2) is 0 Å². The molecule has 1 heterocycles. The van der Waals surface area contributed by atoms with E-state index >= 15 is 0 Å². The molecule has 1 aromatic rings. The molecule has 0 unspecified atom stereocenters. The van der Waals surface area contributed by atoms with Gasteiger partial charge in [-0.25, -0.2) is 4.98 Å². The summed E-state index contributed by atoms with van der Waals surface area (Å²) < 4.78 is 42.0. The first-order valence-electron chi connectivity index (χ1n) is 5.39. The molecule has 0 atom stereocenters. The zero-order valence-corrected chi connectivity index (χ0v) is 10.0. The van der Waals surface area contributed by atoms with Crippen LogP contribution in [0.3, 0.4) is 0 Å². The molecular weight excluding hydrogens is 245 g/mol. The van der Waals surface area contributed by atoms with E-state index < -0.39 is 11.7 Å². The van der Waals surface area contributed by atoms with Crippen molar-refractivity contribution in [1.29, 1.82) is 0 Å². The van der Waals surface area contributed by atoms with Gasteiger partial charge in [0, 0.05) is 12.7 Å². The first-order chi connectivity index (χ1) is 8.39. The van der Waals surface area contributed by atoms with Crippen molar-refractivity contribution < 1.29 is 17.9 Å². The molecule has 0 aliphatic rings. The zero-order chi connectivity index (χ0) is 13.6. The fraction of sp³-hybridized carbons (Fsp3) is 0.417. The van der Waals surface area contributed by atoms with Crippen LogP contribution in [-0.2, 0) is 10.9 Å². The minimum Gasteiger partial charge on any atom is -0.375 e. The number of rotatable bonds is 6. The molecule has 0 radical (unpaired) electrons. The third kappa shape index (κ3) is 5.18. The van der Waals surface area contributed by atoms with E-state index in [0.717, 1.165) is 17.8 Å². The van der Waals surface area contributed by atoms with Crippen LogP contribution < -0.4 is 5.32 Å². The largest absolute Gasteiger partial charge is 0.417 e. The molecule has 100 valence electrons. The summed E-state index contributed by atoms with van der Waals surface area (Å²) in [4.78, 5) is 3.67. The number of ether oxygens (including phenoxy) is 1. The molecule has 0 spiro atoms. The molecule has 18 heavy (non-hydrogen) atoms. The number of halogens is 3. The van der Waals surface area contributed by atoms with Gasteiger partial charge < -0.3 is 10.1 Å². The second-order valence-corrected chi connectivity index (χ2v) is 3.87. The molecule has 3 nitrogen and oxygen atoms in total. The minimum absolute atomic E-state index is 0.391. The zero-order valence-electron chi connectivity index (χ0n) is 10.0. The number of nitrogens with one attached hydrogen (secondary N) is 1. The Balaban J connectivity index is 2.33. The summed E-state index contributed by atoms with van der Waals surface area (Å²) in [6.45, 7) is 6.92. The summed E-state index contributed by atoms with van der Waals surface area (Å²) >= 11 is 0. The number of nitrogens with zero attached hydrogens (tertiary/aromatic N) is 1. The molecule has 0 amide bonds. The maximum Gasteiger partial charge on any atom is 0.417 e. The smallest absolute Gasteiger partial charge is 0.375 e. The van der Waals surface area contributed by atoms with E-state index in [2.05, 4.69) is 16.9 Å². The van der Waals surface area contributed by atoms with Gasteiger partial charge in [0.05, 0.1) is 18.8 Å². The summed E-state index contributed by atoms with van der Waals surface area (Å²) in [7, 11) is 0. The number of alkyl halides is 3. The second-order valence-electron chi connectivity index (χ2n) is 3.87. The maximum absolute atomic E-state index is 12.3. The van der Waals surface area contributed by atoms with Gasteiger partial charge in [0.25, 0.3) is 0 Å². The van der Waals surface area contributed by atoms with Crippen molar-refractivity contribution in [2.24, 2.45) is 0 Å². The highest BCUT2D eigenvalue weighted by Gasteiger charge is 2.30. The fourth-order valence-corrected chi connectivity index (χ4v) is 1.16.